The summed E-state index contributed by atoms with van der Waals surface area (Å²) < 4.78 is 53.0. The first kappa shape index (κ1) is 31.6. The zero-order valence-electron chi connectivity index (χ0n) is 21.8. The molecule has 1 aromatic rings. The number of esters is 1. The molecule has 0 unspecified atom stereocenters. The number of nitrogens with zero attached hydrogens (tertiary/aromatic N) is 4. The Labute approximate surface area is 224 Å². The van der Waals surface area contributed by atoms with Crippen LogP contribution in [0.1, 0.15) is 18.4 Å². The van der Waals surface area contributed by atoms with E-state index in [1.165, 1.54) is 14.9 Å². The Morgan fingerprint density at radius 3 is 1.61 bits per heavy atom. The Kier molecular flexibility index (Phi) is 12.1. The van der Waals surface area contributed by atoms with Gasteiger partial charge in [0.05, 0.1) is 25.5 Å². The molecule has 2 aliphatic heterocycles. The smallest absolute Gasteiger partial charge is 0.306 e. The molecule has 2 heterocycles. The summed E-state index contributed by atoms with van der Waals surface area (Å²) in [5.41, 5.74) is 6.10. The highest BCUT2D eigenvalue weighted by Crippen LogP contribution is 2.09. The first-order valence-corrected chi connectivity index (χ1v) is 15.9. The van der Waals surface area contributed by atoms with E-state index in [2.05, 4.69) is 0 Å². The Morgan fingerprint density at radius 2 is 1.18 bits per heavy atom. The van der Waals surface area contributed by atoms with Gasteiger partial charge in [-0.3, -0.25) is 14.4 Å². The minimum Gasteiger partial charge on any atom is -0.461 e. The fourth-order valence-electron chi connectivity index (χ4n) is 3.84. The third kappa shape index (κ3) is 10.6. The fourth-order valence-corrected chi connectivity index (χ4v) is 5.50. The standard InChI is InChI=1S/C16H22N2O5S.C7H15N3O3S/c1-24(21,22)18-11-9-17(10-12-18)15(19)7-8-16(20)23-13-14-5-3-2-4-6-14;1-14(12,13)10-4-2-9(3-5-10)7(11)6-8/h2-6H,7-13H2,1H3;2-6,8H2,1H3. The Hall–Kier alpha value is -2.59. The molecule has 0 aliphatic carbocycles. The van der Waals surface area contributed by atoms with Crippen LogP contribution in [0.2, 0.25) is 0 Å². The second kappa shape index (κ2) is 14.5. The van der Waals surface area contributed by atoms with Gasteiger partial charge in [-0.05, 0) is 5.56 Å². The van der Waals surface area contributed by atoms with E-state index in [-0.39, 0.29) is 37.8 Å². The molecule has 2 amide bonds. The van der Waals surface area contributed by atoms with Gasteiger partial charge in [-0.2, -0.15) is 8.61 Å². The quantitative estimate of drug-likeness (QED) is 0.369. The maximum absolute atomic E-state index is 12.1. The van der Waals surface area contributed by atoms with Crippen LogP contribution in [-0.2, 0) is 45.8 Å². The monoisotopic (exact) mass is 575 g/mol. The SMILES string of the molecule is CS(=O)(=O)N1CCN(C(=O)CCC(=O)OCc2ccccc2)CC1.CS(=O)(=O)N1CCN(C(=O)CN)CC1. The first-order valence-electron chi connectivity index (χ1n) is 12.2. The molecule has 2 saturated heterocycles. The molecular formula is C23H37N5O8S2. The fraction of sp³-hybridized carbons (Fsp3) is 0.609. The maximum atomic E-state index is 12.1. The number of rotatable bonds is 8. The van der Waals surface area contributed by atoms with Crippen LogP contribution in [0.5, 0.6) is 0 Å². The van der Waals surface area contributed by atoms with E-state index >= 15 is 0 Å². The number of carbonyl (C=O) groups is 3. The van der Waals surface area contributed by atoms with Crippen molar-refractivity contribution in [1.82, 2.24) is 18.4 Å². The molecule has 2 N–H and O–H groups in total. The van der Waals surface area contributed by atoms with Crippen LogP contribution in [0.4, 0.5) is 0 Å². The van der Waals surface area contributed by atoms with Crippen molar-refractivity contribution in [3.05, 3.63) is 35.9 Å². The van der Waals surface area contributed by atoms with E-state index < -0.39 is 26.0 Å². The van der Waals surface area contributed by atoms with Crippen LogP contribution in [0.25, 0.3) is 0 Å². The van der Waals surface area contributed by atoms with Gasteiger partial charge in [-0.1, -0.05) is 30.3 Å². The molecule has 0 bridgehead atoms. The molecule has 38 heavy (non-hydrogen) atoms. The number of benzene rings is 1. The predicted octanol–water partition coefficient (Wildman–Crippen LogP) is -1.34. The van der Waals surface area contributed by atoms with Crippen molar-refractivity contribution < 1.29 is 36.0 Å². The molecule has 1 aromatic carbocycles. The van der Waals surface area contributed by atoms with Gasteiger partial charge >= 0.3 is 5.97 Å². The molecule has 13 nitrogen and oxygen atoms in total. The lowest BCUT2D eigenvalue weighted by Crippen LogP contribution is -2.51. The number of piperazine rings is 2. The number of hydrogen-bond donors (Lipinski definition) is 1. The van der Waals surface area contributed by atoms with Crippen molar-refractivity contribution in [2.45, 2.75) is 19.4 Å². The van der Waals surface area contributed by atoms with E-state index in [1.54, 1.807) is 9.80 Å². The van der Waals surface area contributed by atoms with E-state index in [0.29, 0.717) is 52.4 Å². The van der Waals surface area contributed by atoms with Gasteiger partial charge in [0, 0.05) is 58.8 Å². The van der Waals surface area contributed by atoms with Crippen LogP contribution in [0.3, 0.4) is 0 Å². The summed E-state index contributed by atoms with van der Waals surface area (Å²) in [7, 11) is -6.33. The Balaban J connectivity index is 0.000000308. The highest BCUT2D eigenvalue weighted by Gasteiger charge is 2.26. The number of carbonyl (C=O) groups excluding carboxylic acids is 3. The molecule has 15 heteroatoms. The van der Waals surface area contributed by atoms with Crippen molar-refractivity contribution in [1.29, 1.82) is 0 Å². The van der Waals surface area contributed by atoms with E-state index in [9.17, 15) is 31.2 Å². The van der Waals surface area contributed by atoms with Gasteiger partial charge < -0.3 is 20.3 Å². The number of ether oxygens (including phenoxy) is 1. The summed E-state index contributed by atoms with van der Waals surface area (Å²) in [6, 6.07) is 9.33. The van der Waals surface area contributed by atoms with Gasteiger partial charge in [0.25, 0.3) is 0 Å². The lowest BCUT2D eigenvalue weighted by molar-refractivity contribution is -0.147. The third-order valence-electron chi connectivity index (χ3n) is 6.08. The molecule has 0 aromatic heterocycles. The molecular weight excluding hydrogens is 538 g/mol. The van der Waals surface area contributed by atoms with Crippen molar-refractivity contribution in [3.8, 4) is 0 Å². The van der Waals surface area contributed by atoms with Crippen LogP contribution in [0, 0.1) is 0 Å². The predicted molar refractivity (Wildman–Crippen MR) is 141 cm³/mol. The molecule has 0 atom stereocenters. The van der Waals surface area contributed by atoms with Gasteiger partial charge in [-0.25, -0.2) is 16.8 Å². The molecule has 0 spiro atoms. The Bertz CT molecular complexity index is 1150. The molecule has 2 fully saturated rings. The largest absolute Gasteiger partial charge is 0.461 e. The topological polar surface area (TPSA) is 168 Å². The molecule has 3 rings (SSSR count). The van der Waals surface area contributed by atoms with Gasteiger partial charge in [0.2, 0.25) is 31.9 Å². The van der Waals surface area contributed by atoms with Crippen molar-refractivity contribution in [2.75, 3.05) is 71.4 Å². The average molecular weight is 576 g/mol. The maximum Gasteiger partial charge on any atom is 0.306 e. The molecule has 0 saturated carbocycles. The number of nitrogens with two attached hydrogens (primary N) is 1. The van der Waals surface area contributed by atoms with Crippen molar-refractivity contribution >= 4 is 37.8 Å². The lowest BCUT2D eigenvalue weighted by atomic mass is 10.2. The van der Waals surface area contributed by atoms with Gasteiger partial charge in [0.15, 0.2) is 0 Å². The van der Waals surface area contributed by atoms with E-state index in [4.69, 9.17) is 10.5 Å². The normalized spacial score (nSPS) is 17.3. The number of amides is 2. The number of sulfonamides is 2. The molecule has 214 valence electrons. The summed E-state index contributed by atoms with van der Waals surface area (Å²) in [5, 5.41) is 0. The van der Waals surface area contributed by atoms with E-state index in [1.807, 2.05) is 30.3 Å². The van der Waals surface area contributed by atoms with Crippen LogP contribution < -0.4 is 5.73 Å². The first-order chi connectivity index (χ1) is 17.8. The highest BCUT2D eigenvalue weighted by molar-refractivity contribution is 7.88. The van der Waals surface area contributed by atoms with E-state index in [0.717, 1.165) is 11.8 Å². The lowest BCUT2D eigenvalue weighted by Gasteiger charge is -2.33. The van der Waals surface area contributed by atoms with Crippen LogP contribution >= 0.6 is 0 Å². The summed E-state index contributed by atoms with van der Waals surface area (Å²) in [6.07, 6.45) is 2.44. The van der Waals surface area contributed by atoms with Crippen LogP contribution in [0.15, 0.2) is 30.3 Å². The van der Waals surface area contributed by atoms with Crippen molar-refractivity contribution in [2.24, 2.45) is 5.73 Å². The molecule has 0 radical (unpaired) electrons. The summed E-state index contributed by atoms with van der Waals surface area (Å²) >= 11 is 0. The minimum atomic E-state index is -3.21. The summed E-state index contributed by atoms with van der Waals surface area (Å²) in [5.74, 6) is -0.695. The van der Waals surface area contributed by atoms with Crippen LogP contribution in [-0.4, -0.2) is 124 Å². The summed E-state index contributed by atoms with van der Waals surface area (Å²) in [6.45, 7) is 3.07. The minimum absolute atomic E-state index is 0.0150. The Morgan fingerprint density at radius 1 is 0.737 bits per heavy atom. The van der Waals surface area contributed by atoms with Gasteiger partial charge in [-0.15, -0.1) is 0 Å². The second-order valence-electron chi connectivity index (χ2n) is 8.94. The highest BCUT2D eigenvalue weighted by atomic mass is 32.2. The number of hydrogen-bond acceptors (Lipinski definition) is 9. The second-order valence-corrected chi connectivity index (χ2v) is 12.9. The van der Waals surface area contributed by atoms with Crippen molar-refractivity contribution in [3.63, 3.8) is 0 Å². The van der Waals surface area contributed by atoms with Gasteiger partial charge in [0.1, 0.15) is 6.61 Å². The zero-order chi connectivity index (χ0) is 28.3. The zero-order valence-corrected chi connectivity index (χ0v) is 23.5. The third-order valence-corrected chi connectivity index (χ3v) is 8.69. The molecule has 2 aliphatic rings. The summed E-state index contributed by atoms with van der Waals surface area (Å²) in [4.78, 5) is 38.1. The average Bonchev–Trinajstić information content (AvgIpc) is 2.90.